The molecule has 1 aromatic heterocycles. The van der Waals surface area contributed by atoms with Gasteiger partial charge in [-0.15, -0.1) is 0 Å². The molecule has 0 spiro atoms. The predicted octanol–water partition coefficient (Wildman–Crippen LogP) is 2.25. The monoisotopic (exact) mass is 176 g/mol. The lowest BCUT2D eigenvalue weighted by atomic mass is 10.1. The van der Waals surface area contributed by atoms with Crippen LogP contribution in [0.4, 0.5) is 5.82 Å². The van der Waals surface area contributed by atoms with E-state index in [1.165, 1.54) is 11.3 Å². The maximum atomic E-state index is 4.58. The van der Waals surface area contributed by atoms with Crippen LogP contribution >= 0.6 is 0 Å². The lowest BCUT2D eigenvalue weighted by Crippen LogP contribution is -1.99. The zero-order valence-electron chi connectivity index (χ0n) is 8.30. The maximum Gasteiger partial charge on any atom is 0.129 e. The number of fused-ring (bicyclic) bond motifs is 1. The van der Waals surface area contributed by atoms with E-state index in [0.717, 1.165) is 25.2 Å². The number of pyridine rings is 1. The summed E-state index contributed by atoms with van der Waals surface area (Å²) < 4.78 is 0. The molecule has 0 unspecified atom stereocenters. The highest BCUT2D eigenvalue weighted by Gasteiger charge is 2.11. The Bertz CT molecular complexity index is 305. The van der Waals surface area contributed by atoms with Gasteiger partial charge >= 0.3 is 0 Å². The smallest absolute Gasteiger partial charge is 0.129 e. The molecule has 2 heterocycles. The van der Waals surface area contributed by atoms with Gasteiger partial charge in [0, 0.05) is 12.2 Å². The van der Waals surface area contributed by atoms with Crippen LogP contribution in [0.15, 0.2) is 12.1 Å². The lowest BCUT2D eigenvalue weighted by molar-refractivity contribution is 0.636. The number of hydrogen-bond acceptors (Lipinski definition) is 2. The molecular weight excluding hydrogens is 160 g/mol. The van der Waals surface area contributed by atoms with Crippen molar-refractivity contribution in [2.24, 2.45) is 5.92 Å². The van der Waals surface area contributed by atoms with Gasteiger partial charge in [-0.2, -0.15) is 0 Å². The fourth-order valence-electron chi connectivity index (χ4n) is 1.73. The van der Waals surface area contributed by atoms with Crippen molar-refractivity contribution in [3.05, 3.63) is 23.4 Å². The molecular formula is C11H16N2. The van der Waals surface area contributed by atoms with Crippen molar-refractivity contribution in [3.63, 3.8) is 0 Å². The normalized spacial score (nSPS) is 14.4. The minimum atomic E-state index is 0.687. The largest absolute Gasteiger partial charge is 0.370 e. The first-order valence-electron chi connectivity index (χ1n) is 4.98. The number of rotatable bonds is 2. The number of hydrogen-bond donors (Lipinski definition) is 1. The van der Waals surface area contributed by atoms with Gasteiger partial charge in [-0.1, -0.05) is 19.9 Å². The first kappa shape index (κ1) is 8.54. The molecule has 0 radical (unpaired) electrons. The molecule has 2 nitrogen and oxygen atoms in total. The SMILES string of the molecule is CC(C)Cc1ccc2c(n1)NCC2. The lowest BCUT2D eigenvalue weighted by Gasteiger charge is -2.05. The van der Waals surface area contributed by atoms with Crippen molar-refractivity contribution < 1.29 is 0 Å². The Kier molecular flexibility index (Phi) is 2.21. The molecule has 0 atom stereocenters. The molecule has 1 aliphatic rings. The minimum absolute atomic E-state index is 0.687. The number of nitrogens with zero attached hydrogens (tertiary/aromatic N) is 1. The Morgan fingerprint density at radius 3 is 3.08 bits per heavy atom. The average molecular weight is 176 g/mol. The summed E-state index contributed by atoms with van der Waals surface area (Å²) in [4.78, 5) is 4.58. The van der Waals surface area contributed by atoms with Crippen LogP contribution < -0.4 is 5.32 Å². The van der Waals surface area contributed by atoms with E-state index < -0.39 is 0 Å². The molecule has 0 aromatic carbocycles. The van der Waals surface area contributed by atoms with Crippen LogP contribution in [0.1, 0.15) is 25.1 Å². The van der Waals surface area contributed by atoms with Crippen LogP contribution in [-0.4, -0.2) is 11.5 Å². The Balaban J connectivity index is 2.21. The summed E-state index contributed by atoms with van der Waals surface area (Å²) in [6, 6.07) is 4.37. The maximum absolute atomic E-state index is 4.58. The number of nitrogens with one attached hydrogen (secondary N) is 1. The Hall–Kier alpha value is -1.05. The average Bonchev–Trinajstić information content (AvgIpc) is 2.49. The van der Waals surface area contributed by atoms with Gasteiger partial charge in [0.05, 0.1) is 0 Å². The zero-order chi connectivity index (χ0) is 9.26. The summed E-state index contributed by atoms with van der Waals surface area (Å²) in [5, 5.41) is 3.30. The van der Waals surface area contributed by atoms with Crippen LogP contribution in [0, 0.1) is 5.92 Å². The quantitative estimate of drug-likeness (QED) is 0.747. The highest BCUT2D eigenvalue weighted by Crippen LogP contribution is 2.20. The Morgan fingerprint density at radius 1 is 1.46 bits per heavy atom. The Labute approximate surface area is 79.4 Å². The van der Waals surface area contributed by atoms with Crippen molar-refractivity contribution in [2.45, 2.75) is 26.7 Å². The summed E-state index contributed by atoms with van der Waals surface area (Å²) in [6.07, 6.45) is 2.21. The van der Waals surface area contributed by atoms with E-state index in [0.29, 0.717) is 5.92 Å². The van der Waals surface area contributed by atoms with Crippen molar-refractivity contribution >= 4 is 5.82 Å². The van der Waals surface area contributed by atoms with Gasteiger partial charge in [0.25, 0.3) is 0 Å². The van der Waals surface area contributed by atoms with Crippen LogP contribution in [0.3, 0.4) is 0 Å². The number of anilines is 1. The second-order valence-corrected chi connectivity index (χ2v) is 4.09. The molecule has 2 heteroatoms. The molecule has 1 N–H and O–H groups in total. The van der Waals surface area contributed by atoms with Gasteiger partial charge in [-0.05, 0) is 30.4 Å². The van der Waals surface area contributed by atoms with E-state index >= 15 is 0 Å². The standard InChI is InChI=1S/C11H16N2/c1-8(2)7-10-4-3-9-5-6-12-11(9)13-10/h3-4,8H,5-7H2,1-2H3,(H,12,13). The topological polar surface area (TPSA) is 24.9 Å². The zero-order valence-corrected chi connectivity index (χ0v) is 8.30. The fraction of sp³-hybridized carbons (Fsp3) is 0.545. The van der Waals surface area contributed by atoms with E-state index in [-0.39, 0.29) is 0 Å². The molecule has 2 rings (SSSR count). The Morgan fingerprint density at radius 2 is 2.31 bits per heavy atom. The second-order valence-electron chi connectivity index (χ2n) is 4.09. The van der Waals surface area contributed by atoms with Gasteiger partial charge in [-0.25, -0.2) is 4.98 Å². The summed E-state index contributed by atoms with van der Waals surface area (Å²) >= 11 is 0. The van der Waals surface area contributed by atoms with Crippen molar-refractivity contribution in [1.82, 2.24) is 4.98 Å². The molecule has 0 bridgehead atoms. The molecule has 13 heavy (non-hydrogen) atoms. The summed E-state index contributed by atoms with van der Waals surface area (Å²) in [5.41, 5.74) is 2.58. The van der Waals surface area contributed by atoms with Crippen LogP contribution in [-0.2, 0) is 12.8 Å². The van der Waals surface area contributed by atoms with E-state index in [1.807, 2.05) is 0 Å². The highest BCUT2D eigenvalue weighted by atomic mass is 15.0. The van der Waals surface area contributed by atoms with Gasteiger partial charge in [-0.3, -0.25) is 0 Å². The van der Waals surface area contributed by atoms with Crippen LogP contribution in [0.5, 0.6) is 0 Å². The van der Waals surface area contributed by atoms with E-state index in [4.69, 9.17) is 0 Å². The molecule has 0 saturated carbocycles. The van der Waals surface area contributed by atoms with Crippen LogP contribution in [0.2, 0.25) is 0 Å². The minimum Gasteiger partial charge on any atom is -0.370 e. The third-order valence-corrected chi connectivity index (χ3v) is 2.34. The van der Waals surface area contributed by atoms with E-state index in [2.05, 4.69) is 36.3 Å². The van der Waals surface area contributed by atoms with Gasteiger partial charge in [0.1, 0.15) is 5.82 Å². The second kappa shape index (κ2) is 3.36. The third kappa shape index (κ3) is 1.82. The van der Waals surface area contributed by atoms with Crippen LogP contribution in [0.25, 0.3) is 0 Å². The third-order valence-electron chi connectivity index (χ3n) is 2.34. The van der Waals surface area contributed by atoms with E-state index in [9.17, 15) is 0 Å². The first-order chi connectivity index (χ1) is 6.25. The molecule has 0 fully saturated rings. The van der Waals surface area contributed by atoms with Gasteiger partial charge < -0.3 is 5.32 Å². The molecule has 0 amide bonds. The van der Waals surface area contributed by atoms with E-state index in [1.54, 1.807) is 0 Å². The van der Waals surface area contributed by atoms with Crippen molar-refractivity contribution in [2.75, 3.05) is 11.9 Å². The predicted molar refractivity (Wildman–Crippen MR) is 55.0 cm³/mol. The van der Waals surface area contributed by atoms with Crippen molar-refractivity contribution in [3.8, 4) is 0 Å². The fourth-order valence-corrected chi connectivity index (χ4v) is 1.73. The van der Waals surface area contributed by atoms with Gasteiger partial charge in [0.2, 0.25) is 0 Å². The van der Waals surface area contributed by atoms with Gasteiger partial charge in [0.15, 0.2) is 0 Å². The summed E-state index contributed by atoms with van der Waals surface area (Å²) in [7, 11) is 0. The number of aromatic nitrogens is 1. The first-order valence-corrected chi connectivity index (χ1v) is 4.98. The molecule has 0 aliphatic carbocycles. The molecule has 0 saturated heterocycles. The highest BCUT2D eigenvalue weighted by molar-refractivity contribution is 5.49. The summed E-state index contributed by atoms with van der Waals surface area (Å²) in [6.45, 7) is 5.50. The molecule has 1 aliphatic heterocycles. The van der Waals surface area contributed by atoms with Crippen molar-refractivity contribution in [1.29, 1.82) is 0 Å². The molecule has 1 aromatic rings. The summed E-state index contributed by atoms with van der Waals surface area (Å²) in [5.74, 6) is 1.80. The molecule has 70 valence electrons.